The maximum absolute atomic E-state index is 12.3. The van der Waals surface area contributed by atoms with Gasteiger partial charge in [0.25, 0.3) is 5.91 Å². The van der Waals surface area contributed by atoms with E-state index >= 15 is 0 Å². The molecule has 0 atom stereocenters. The second kappa shape index (κ2) is 6.17. The van der Waals surface area contributed by atoms with Crippen LogP contribution in [0.4, 0.5) is 0 Å². The van der Waals surface area contributed by atoms with Crippen LogP contribution in [0.5, 0.6) is 0 Å². The predicted molar refractivity (Wildman–Crippen MR) is 75.3 cm³/mol. The standard InChI is InChI=1S/C14H16N4O3/c1-8-3-4-9(2)12(14(20)21)11(8)13(19)15-6-5-10-16-7-17-18-10/h3-4,7H,5-6H2,1-2H3,(H,15,19)(H,20,21)(H,16,17,18). The highest BCUT2D eigenvalue weighted by molar-refractivity contribution is 6.06. The minimum Gasteiger partial charge on any atom is -0.478 e. The molecule has 0 saturated heterocycles. The Morgan fingerprint density at radius 2 is 1.90 bits per heavy atom. The Hall–Kier alpha value is -2.70. The number of nitrogens with zero attached hydrogens (tertiary/aromatic N) is 2. The zero-order valence-corrected chi connectivity index (χ0v) is 11.8. The third kappa shape index (κ3) is 3.25. The quantitative estimate of drug-likeness (QED) is 0.763. The Morgan fingerprint density at radius 1 is 1.24 bits per heavy atom. The molecule has 1 aromatic carbocycles. The van der Waals surface area contributed by atoms with Gasteiger partial charge in [-0.25, -0.2) is 9.78 Å². The van der Waals surface area contributed by atoms with Crippen LogP contribution in [0.15, 0.2) is 18.5 Å². The minimum atomic E-state index is -1.10. The average Bonchev–Trinajstić information content (AvgIpc) is 2.93. The highest BCUT2D eigenvalue weighted by atomic mass is 16.4. The number of hydrogen-bond donors (Lipinski definition) is 3. The summed E-state index contributed by atoms with van der Waals surface area (Å²) in [4.78, 5) is 27.6. The van der Waals surface area contributed by atoms with Crippen LogP contribution in [0.3, 0.4) is 0 Å². The van der Waals surface area contributed by atoms with Gasteiger partial charge in [-0.1, -0.05) is 12.1 Å². The van der Waals surface area contributed by atoms with Crippen LogP contribution in [0.25, 0.3) is 0 Å². The molecule has 21 heavy (non-hydrogen) atoms. The first-order valence-electron chi connectivity index (χ1n) is 6.46. The number of aryl methyl sites for hydroxylation is 2. The van der Waals surface area contributed by atoms with Crippen LogP contribution in [-0.2, 0) is 6.42 Å². The minimum absolute atomic E-state index is 0.0483. The van der Waals surface area contributed by atoms with Gasteiger partial charge < -0.3 is 10.4 Å². The number of carbonyl (C=O) groups excluding carboxylic acids is 1. The van der Waals surface area contributed by atoms with Crippen molar-refractivity contribution in [2.75, 3.05) is 6.54 Å². The van der Waals surface area contributed by atoms with Crippen molar-refractivity contribution in [3.05, 3.63) is 46.5 Å². The molecule has 7 heteroatoms. The van der Waals surface area contributed by atoms with Crippen molar-refractivity contribution in [3.63, 3.8) is 0 Å². The first-order valence-corrected chi connectivity index (χ1v) is 6.46. The average molecular weight is 288 g/mol. The van der Waals surface area contributed by atoms with Crippen LogP contribution < -0.4 is 5.32 Å². The summed E-state index contributed by atoms with van der Waals surface area (Å²) in [7, 11) is 0. The molecule has 1 amide bonds. The molecule has 1 heterocycles. The van der Waals surface area contributed by atoms with E-state index in [9.17, 15) is 14.7 Å². The van der Waals surface area contributed by atoms with E-state index in [-0.39, 0.29) is 11.1 Å². The van der Waals surface area contributed by atoms with Gasteiger partial charge in [-0.15, -0.1) is 0 Å². The first kappa shape index (κ1) is 14.7. The number of carboxylic acids is 1. The predicted octanol–water partition coefficient (Wildman–Crippen LogP) is 1.09. The molecule has 0 unspecified atom stereocenters. The van der Waals surface area contributed by atoms with Gasteiger partial charge in [-0.05, 0) is 25.0 Å². The van der Waals surface area contributed by atoms with Crippen LogP contribution in [-0.4, -0.2) is 38.7 Å². The number of aromatic nitrogens is 3. The largest absolute Gasteiger partial charge is 0.478 e. The summed E-state index contributed by atoms with van der Waals surface area (Å²) < 4.78 is 0. The number of hydrogen-bond acceptors (Lipinski definition) is 4. The van der Waals surface area contributed by atoms with E-state index in [0.717, 1.165) is 0 Å². The number of H-pyrrole nitrogens is 1. The zero-order valence-electron chi connectivity index (χ0n) is 11.8. The van der Waals surface area contributed by atoms with Crippen molar-refractivity contribution < 1.29 is 14.7 Å². The van der Waals surface area contributed by atoms with Crippen molar-refractivity contribution in [3.8, 4) is 0 Å². The lowest BCUT2D eigenvalue weighted by Crippen LogP contribution is -2.28. The number of aromatic amines is 1. The summed E-state index contributed by atoms with van der Waals surface area (Å²) in [5.74, 6) is -0.834. The number of amides is 1. The molecular weight excluding hydrogens is 272 g/mol. The van der Waals surface area contributed by atoms with Crippen molar-refractivity contribution in [2.45, 2.75) is 20.3 Å². The lowest BCUT2D eigenvalue weighted by molar-refractivity contribution is 0.0690. The fraction of sp³-hybridized carbons (Fsp3) is 0.286. The van der Waals surface area contributed by atoms with Gasteiger partial charge in [0.2, 0.25) is 0 Å². The van der Waals surface area contributed by atoms with Crippen molar-refractivity contribution >= 4 is 11.9 Å². The fourth-order valence-corrected chi connectivity index (χ4v) is 2.11. The number of nitrogens with one attached hydrogen (secondary N) is 2. The molecule has 0 saturated carbocycles. The molecule has 0 aliphatic carbocycles. The molecular formula is C14H16N4O3. The normalized spacial score (nSPS) is 10.4. The molecule has 7 nitrogen and oxygen atoms in total. The molecule has 0 spiro atoms. The van der Waals surface area contributed by atoms with E-state index in [2.05, 4.69) is 20.5 Å². The van der Waals surface area contributed by atoms with E-state index in [1.54, 1.807) is 26.0 Å². The van der Waals surface area contributed by atoms with Crippen molar-refractivity contribution in [1.82, 2.24) is 20.5 Å². The molecule has 0 fully saturated rings. The van der Waals surface area contributed by atoms with Gasteiger partial charge in [0.05, 0.1) is 11.1 Å². The summed E-state index contributed by atoms with van der Waals surface area (Å²) in [6.07, 6.45) is 1.89. The maximum Gasteiger partial charge on any atom is 0.336 e. The van der Waals surface area contributed by atoms with E-state index in [1.807, 2.05) is 0 Å². The smallest absolute Gasteiger partial charge is 0.336 e. The Morgan fingerprint density at radius 3 is 2.48 bits per heavy atom. The molecule has 3 N–H and O–H groups in total. The lowest BCUT2D eigenvalue weighted by Gasteiger charge is -2.12. The van der Waals surface area contributed by atoms with Crippen molar-refractivity contribution in [2.24, 2.45) is 0 Å². The van der Waals surface area contributed by atoms with Gasteiger partial charge in [0.1, 0.15) is 12.2 Å². The molecule has 2 rings (SSSR count). The summed E-state index contributed by atoms with van der Waals surface area (Å²) in [6.45, 7) is 3.74. The zero-order chi connectivity index (χ0) is 15.4. The number of carbonyl (C=O) groups is 2. The Bertz CT molecular complexity index is 665. The van der Waals surface area contributed by atoms with E-state index in [4.69, 9.17) is 0 Å². The summed E-state index contributed by atoms with van der Waals surface area (Å²) >= 11 is 0. The molecule has 0 aliphatic heterocycles. The highest BCUT2D eigenvalue weighted by Crippen LogP contribution is 2.18. The van der Waals surface area contributed by atoms with Gasteiger partial charge >= 0.3 is 5.97 Å². The van der Waals surface area contributed by atoms with Crippen LogP contribution in [0.2, 0.25) is 0 Å². The van der Waals surface area contributed by atoms with Gasteiger partial charge in [0.15, 0.2) is 0 Å². The molecule has 110 valence electrons. The summed E-state index contributed by atoms with van der Waals surface area (Å²) in [5.41, 5.74) is 1.45. The van der Waals surface area contributed by atoms with Crippen molar-refractivity contribution in [1.29, 1.82) is 0 Å². The second-order valence-electron chi connectivity index (χ2n) is 4.69. The molecule has 2 aromatic rings. The molecule has 1 aromatic heterocycles. The maximum atomic E-state index is 12.3. The third-order valence-corrected chi connectivity index (χ3v) is 3.18. The van der Waals surface area contributed by atoms with E-state index in [1.165, 1.54) is 6.33 Å². The third-order valence-electron chi connectivity index (χ3n) is 3.18. The topological polar surface area (TPSA) is 108 Å². The first-order chi connectivity index (χ1) is 10.0. The number of benzene rings is 1. The SMILES string of the molecule is Cc1ccc(C)c(C(=O)NCCc2ncn[nH]2)c1C(=O)O. The van der Waals surface area contributed by atoms with Gasteiger partial charge in [-0.2, -0.15) is 5.10 Å². The van der Waals surface area contributed by atoms with Gasteiger partial charge in [-0.3, -0.25) is 9.89 Å². The molecule has 0 aliphatic rings. The van der Waals surface area contributed by atoms with E-state index in [0.29, 0.717) is 29.9 Å². The van der Waals surface area contributed by atoms with Crippen LogP contribution in [0.1, 0.15) is 37.7 Å². The summed E-state index contributed by atoms with van der Waals surface area (Å²) in [6, 6.07) is 3.44. The monoisotopic (exact) mass is 288 g/mol. The summed E-state index contributed by atoms with van der Waals surface area (Å²) in [5, 5.41) is 18.4. The Balaban J connectivity index is 2.15. The van der Waals surface area contributed by atoms with Crippen LogP contribution in [0, 0.1) is 13.8 Å². The van der Waals surface area contributed by atoms with Gasteiger partial charge in [0, 0.05) is 13.0 Å². The Kier molecular flexibility index (Phi) is 4.32. The number of aromatic carboxylic acids is 1. The molecule has 0 bridgehead atoms. The lowest BCUT2D eigenvalue weighted by atomic mass is 9.96. The second-order valence-corrected chi connectivity index (χ2v) is 4.69. The Labute approximate surface area is 121 Å². The van der Waals surface area contributed by atoms with E-state index < -0.39 is 11.9 Å². The molecule has 0 radical (unpaired) electrons. The number of rotatable bonds is 5. The van der Waals surface area contributed by atoms with Crippen LogP contribution >= 0.6 is 0 Å². The number of carboxylic acid groups (broad SMARTS) is 1. The highest BCUT2D eigenvalue weighted by Gasteiger charge is 2.20. The fourth-order valence-electron chi connectivity index (χ4n) is 2.11.